The molecule has 1 aliphatic carbocycles. The van der Waals surface area contributed by atoms with Gasteiger partial charge in [-0.15, -0.1) is 0 Å². The van der Waals surface area contributed by atoms with Crippen LogP contribution in [0.5, 0.6) is 0 Å². The van der Waals surface area contributed by atoms with Gasteiger partial charge in [0.15, 0.2) is 0 Å². The first-order valence-corrected chi connectivity index (χ1v) is 5.92. The summed E-state index contributed by atoms with van der Waals surface area (Å²) >= 11 is 0. The fourth-order valence-corrected chi connectivity index (χ4v) is 2.06. The molecule has 1 aromatic rings. The average molecular weight is 249 g/mol. The third-order valence-electron chi connectivity index (χ3n) is 3.36. The lowest BCUT2D eigenvalue weighted by Crippen LogP contribution is -2.46. The van der Waals surface area contributed by atoms with Gasteiger partial charge in [0.25, 0.3) is 5.91 Å². The molecule has 1 saturated carbocycles. The molecule has 0 heterocycles. The van der Waals surface area contributed by atoms with E-state index in [0.717, 1.165) is 19.3 Å². The average Bonchev–Trinajstić information content (AvgIpc) is 2.33. The molecule has 3 N–H and O–H groups in total. The van der Waals surface area contributed by atoms with Crippen molar-refractivity contribution in [2.24, 2.45) is 0 Å². The Bertz CT molecular complexity index is 483. The summed E-state index contributed by atoms with van der Waals surface area (Å²) in [6.45, 7) is 0. The summed E-state index contributed by atoms with van der Waals surface area (Å²) in [5.74, 6) is -0.997. The number of amides is 1. The van der Waals surface area contributed by atoms with Crippen molar-refractivity contribution in [3.63, 3.8) is 0 Å². The molecule has 2 rings (SSSR count). The van der Waals surface area contributed by atoms with E-state index in [1.807, 2.05) is 0 Å². The summed E-state index contributed by atoms with van der Waals surface area (Å²) in [6, 6.07) is 4.41. The van der Waals surface area contributed by atoms with E-state index in [-0.39, 0.29) is 11.1 Å². The van der Waals surface area contributed by atoms with E-state index in [4.69, 9.17) is 5.41 Å². The zero-order valence-electron chi connectivity index (χ0n) is 10.2. The van der Waals surface area contributed by atoms with Gasteiger partial charge in [-0.05, 0) is 37.5 Å². The van der Waals surface area contributed by atoms with Crippen molar-refractivity contribution in [2.45, 2.75) is 24.8 Å². The molecule has 1 fully saturated rings. The maximum atomic E-state index is 13.7. The van der Waals surface area contributed by atoms with Gasteiger partial charge in [-0.25, -0.2) is 4.39 Å². The third kappa shape index (κ3) is 2.20. The van der Waals surface area contributed by atoms with Gasteiger partial charge in [0.2, 0.25) is 0 Å². The molecule has 0 aromatic heterocycles. The maximum Gasteiger partial charge on any atom is 0.253 e. The summed E-state index contributed by atoms with van der Waals surface area (Å²) in [7, 11) is 1.46. The van der Waals surface area contributed by atoms with Crippen molar-refractivity contribution in [1.29, 1.82) is 5.41 Å². The zero-order valence-corrected chi connectivity index (χ0v) is 10.2. The lowest BCUT2D eigenvalue weighted by Gasteiger charge is -2.39. The van der Waals surface area contributed by atoms with Crippen LogP contribution in [0.15, 0.2) is 18.2 Å². The summed E-state index contributed by atoms with van der Waals surface area (Å²) in [4.78, 5) is 11.3. The van der Waals surface area contributed by atoms with Crippen LogP contribution in [-0.2, 0) is 0 Å². The van der Waals surface area contributed by atoms with Gasteiger partial charge in [0.1, 0.15) is 5.82 Å². The number of benzene rings is 1. The second-order valence-electron chi connectivity index (χ2n) is 4.55. The molecule has 0 bridgehead atoms. The Labute approximate surface area is 105 Å². The van der Waals surface area contributed by atoms with Gasteiger partial charge in [-0.1, -0.05) is 0 Å². The Hall–Kier alpha value is -1.91. The van der Waals surface area contributed by atoms with Gasteiger partial charge >= 0.3 is 0 Å². The smallest absolute Gasteiger partial charge is 0.253 e. The van der Waals surface area contributed by atoms with Crippen LogP contribution in [0.25, 0.3) is 0 Å². The molecule has 0 unspecified atom stereocenters. The second kappa shape index (κ2) is 4.76. The minimum absolute atomic E-state index is 0.0283. The Morgan fingerprint density at radius 1 is 1.50 bits per heavy atom. The first-order valence-electron chi connectivity index (χ1n) is 5.92. The Kier molecular flexibility index (Phi) is 3.32. The summed E-state index contributed by atoms with van der Waals surface area (Å²) in [6.07, 6.45) is 4.22. The molecule has 0 spiro atoms. The largest absolute Gasteiger partial charge is 0.375 e. The van der Waals surface area contributed by atoms with E-state index in [9.17, 15) is 9.18 Å². The van der Waals surface area contributed by atoms with Crippen LogP contribution < -0.4 is 10.6 Å². The fraction of sp³-hybridized carbons (Fsp3) is 0.385. The van der Waals surface area contributed by atoms with Gasteiger partial charge in [0.05, 0.1) is 11.1 Å². The van der Waals surface area contributed by atoms with Crippen LogP contribution in [0.3, 0.4) is 0 Å². The van der Waals surface area contributed by atoms with Gasteiger partial charge in [0, 0.05) is 18.9 Å². The molecule has 1 amide bonds. The highest BCUT2D eigenvalue weighted by Crippen LogP contribution is 2.33. The van der Waals surface area contributed by atoms with Gasteiger partial charge in [-0.2, -0.15) is 0 Å². The zero-order chi connectivity index (χ0) is 13.2. The monoisotopic (exact) mass is 249 g/mol. The maximum absolute atomic E-state index is 13.7. The molecule has 0 aliphatic heterocycles. The molecule has 18 heavy (non-hydrogen) atoms. The van der Waals surface area contributed by atoms with Crippen LogP contribution in [0.2, 0.25) is 0 Å². The van der Waals surface area contributed by atoms with E-state index in [2.05, 4.69) is 10.6 Å². The summed E-state index contributed by atoms with van der Waals surface area (Å²) in [5, 5.41) is 12.9. The van der Waals surface area contributed by atoms with Crippen molar-refractivity contribution in [3.8, 4) is 0 Å². The first-order chi connectivity index (χ1) is 8.60. The molecule has 4 nitrogen and oxygen atoms in total. The molecular formula is C13H16FN3O. The molecular weight excluding hydrogens is 233 g/mol. The Morgan fingerprint density at radius 2 is 2.22 bits per heavy atom. The molecule has 0 saturated heterocycles. The van der Waals surface area contributed by atoms with Crippen molar-refractivity contribution in [2.75, 3.05) is 12.4 Å². The highest BCUT2D eigenvalue weighted by atomic mass is 19.1. The van der Waals surface area contributed by atoms with Crippen LogP contribution in [-0.4, -0.2) is 24.7 Å². The number of carbonyl (C=O) groups excluding carboxylic acids is 1. The van der Waals surface area contributed by atoms with Gasteiger partial charge < -0.3 is 16.0 Å². The van der Waals surface area contributed by atoms with Crippen molar-refractivity contribution < 1.29 is 9.18 Å². The fourth-order valence-electron chi connectivity index (χ4n) is 2.06. The third-order valence-corrected chi connectivity index (χ3v) is 3.36. The Balaban J connectivity index is 2.18. The normalized spacial score (nSPS) is 16.6. The first kappa shape index (κ1) is 12.5. The van der Waals surface area contributed by atoms with Crippen LogP contribution in [0.4, 0.5) is 10.1 Å². The molecule has 0 radical (unpaired) electrons. The van der Waals surface area contributed by atoms with E-state index in [0.29, 0.717) is 5.69 Å². The number of nitrogens with one attached hydrogen (secondary N) is 3. The predicted molar refractivity (Wildman–Crippen MR) is 68.8 cm³/mol. The number of anilines is 1. The second-order valence-corrected chi connectivity index (χ2v) is 4.55. The van der Waals surface area contributed by atoms with Crippen LogP contribution in [0, 0.1) is 11.2 Å². The van der Waals surface area contributed by atoms with Crippen LogP contribution in [0.1, 0.15) is 29.6 Å². The van der Waals surface area contributed by atoms with Gasteiger partial charge in [-0.3, -0.25) is 4.79 Å². The highest BCUT2D eigenvalue weighted by molar-refractivity contribution is 5.94. The molecule has 1 aliphatic rings. The summed E-state index contributed by atoms with van der Waals surface area (Å²) in [5.41, 5.74) is 0.296. The lowest BCUT2D eigenvalue weighted by atomic mass is 9.77. The van der Waals surface area contributed by atoms with Crippen molar-refractivity contribution in [1.82, 2.24) is 5.32 Å². The number of hydrogen-bond acceptors (Lipinski definition) is 3. The van der Waals surface area contributed by atoms with E-state index in [1.54, 1.807) is 6.07 Å². The molecule has 96 valence electrons. The topological polar surface area (TPSA) is 65.0 Å². The van der Waals surface area contributed by atoms with Crippen LogP contribution >= 0.6 is 0 Å². The minimum Gasteiger partial charge on any atom is -0.375 e. The highest BCUT2D eigenvalue weighted by Gasteiger charge is 2.34. The van der Waals surface area contributed by atoms with E-state index >= 15 is 0 Å². The summed E-state index contributed by atoms with van der Waals surface area (Å²) < 4.78 is 13.7. The number of rotatable bonds is 4. The quantitative estimate of drug-likeness (QED) is 0.716. The van der Waals surface area contributed by atoms with E-state index < -0.39 is 11.7 Å². The molecule has 1 aromatic carbocycles. The molecule has 0 atom stereocenters. The lowest BCUT2D eigenvalue weighted by molar-refractivity contribution is 0.0959. The predicted octanol–water partition coefficient (Wildman–Crippen LogP) is 2.17. The standard InChI is InChI=1S/C13H16FN3O/c1-16-12(18)10-4-3-9(7-11(10)14)17-13(8-15)5-2-6-13/h3-4,7-8,15,17H,2,5-6H2,1H3,(H,16,18). The van der Waals surface area contributed by atoms with Crippen molar-refractivity contribution in [3.05, 3.63) is 29.6 Å². The number of halogens is 1. The minimum atomic E-state index is -0.557. The Morgan fingerprint density at radius 3 is 2.67 bits per heavy atom. The number of carbonyl (C=O) groups is 1. The SMILES string of the molecule is CNC(=O)c1ccc(NC2(C=N)CCC2)cc1F. The number of hydrogen-bond donors (Lipinski definition) is 3. The van der Waals surface area contributed by atoms with Crippen molar-refractivity contribution >= 4 is 17.8 Å². The molecule has 5 heteroatoms. The van der Waals surface area contributed by atoms with E-state index in [1.165, 1.54) is 25.4 Å².